The summed E-state index contributed by atoms with van der Waals surface area (Å²) in [5.41, 5.74) is 6.38. The van der Waals surface area contributed by atoms with Crippen LogP contribution in [-0.4, -0.2) is 84.6 Å². The predicted molar refractivity (Wildman–Crippen MR) is 174 cm³/mol. The fourth-order valence-corrected chi connectivity index (χ4v) is 5.17. The van der Waals surface area contributed by atoms with Crippen LogP contribution >= 0.6 is 8.60 Å². The molecule has 0 saturated heterocycles. The van der Waals surface area contributed by atoms with Crippen LogP contribution in [0.4, 0.5) is 34.1 Å². The molecule has 0 aliphatic carbocycles. The first-order valence-corrected chi connectivity index (χ1v) is 14.2. The van der Waals surface area contributed by atoms with Gasteiger partial charge in [0, 0.05) is 103 Å². The van der Waals surface area contributed by atoms with Gasteiger partial charge in [-0.2, -0.15) is 0 Å². The molecule has 0 saturated carbocycles. The summed E-state index contributed by atoms with van der Waals surface area (Å²) in [5.74, 6) is 1.99. The number of hydrogen-bond donors (Lipinski definition) is 0. The molecule has 9 nitrogen and oxygen atoms in total. The van der Waals surface area contributed by atoms with E-state index in [0.29, 0.717) is 17.2 Å². The smallest absolute Gasteiger partial charge is 0.408 e. The maximum Gasteiger partial charge on any atom is 0.530 e. The van der Waals surface area contributed by atoms with Gasteiger partial charge in [0.15, 0.2) is 0 Å². The van der Waals surface area contributed by atoms with Gasteiger partial charge in [0.05, 0.1) is 34.1 Å². The minimum absolute atomic E-state index is 0.663. The molecule has 0 amide bonds. The molecule has 3 aromatic carbocycles. The van der Waals surface area contributed by atoms with E-state index in [-0.39, 0.29) is 0 Å². The minimum atomic E-state index is -1.86. The Kier molecular flexibility index (Phi) is 10.1. The van der Waals surface area contributed by atoms with Gasteiger partial charge in [-0.05, 0) is 36.4 Å². The topological polar surface area (TPSA) is 47.1 Å². The van der Waals surface area contributed by atoms with E-state index in [2.05, 4.69) is 29.4 Å². The van der Waals surface area contributed by atoms with Crippen molar-refractivity contribution < 1.29 is 13.6 Å². The highest BCUT2D eigenvalue weighted by Gasteiger charge is 2.23. The third-order valence-corrected chi connectivity index (χ3v) is 7.35. The summed E-state index contributed by atoms with van der Waals surface area (Å²) in [6.07, 6.45) is 0. The number of nitrogens with zero attached hydrogens (tertiary/aromatic N) is 6. The van der Waals surface area contributed by atoms with E-state index >= 15 is 0 Å². The summed E-state index contributed by atoms with van der Waals surface area (Å²) >= 11 is 0. The van der Waals surface area contributed by atoms with Gasteiger partial charge in [-0.1, -0.05) is 0 Å². The Morgan fingerprint density at radius 2 is 0.575 bits per heavy atom. The summed E-state index contributed by atoms with van der Waals surface area (Å²) in [7, 11) is 22.4. The van der Waals surface area contributed by atoms with Gasteiger partial charge >= 0.3 is 8.60 Å². The van der Waals surface area contributed by atoms with Crippen molar-refractivity contribution in [3.63, 3.8) is 0 Å². The Morgan fingerprint density at radius 3 is 0.775 bits per heavy atom. The van der Waals surface area contributed by atoms with E-state index in [4.69, 9.17) is 13.6 Å². The third-order valence-electron chi connectivity index (χ3n) is 6.27. The average molecular weight is 569 g/mol. The predicted octanol–water partition coefficient (Wildman–Crippen LogP) is 5.85. The Labute approximate surface area is 242 Å². The quantitative estimate of drug-likeness (QED) is 0.251. The number of rotatable bonds is 12. The Balaban J connectivity index is 2.02. The van der Waals surface area contributed by atoms with Crippen LogP contribution in [0.1, 0.15) is 0 Å². The van der Waals surface area contributed by atoms with Gasteiger partial charge in [-0.3, -0.25) is 0 Å². The highest BCUT2D eigenvalue weighted by Crippen LogP contribution is 2.46. The second kappa shape index (κ2) is 13.1. The normalized spacial score (nSPS) is 10.7. The van der Waals surface area contributed by atoms with Crippen molar-refractivity contribution >= 4 is 42.7 Å². The molecule has 0 radical (unpaired) electrons. The lowest BCUT2D eigenvalue weighted by Gasteiger charge is -2.26. The molecule has 0 spiro atoms. The van der Waals surface area contributed by atoms with Crippen LogP contribution in [0.25, 0.3) is 0 Å². The summed E-state index contributed by atoms with van der Waals surface area (Å²) in [4.78, 5) is 12.5. The lowest BCUT2D eigenvalue weighted by molar-refractivity contribution is 0.388. The van der Waals surface area contributed by atoms with Gasteiger partial charge < -0.3 is 43.0 Å². The molecule has 40 heavy (non-hydrogen) atoms. The minimum Gasteiger partial charge on any atom is -0.408 e. The lowest BCUT2D eigenvalue weighted by atomic mass is 10.2. The molecule has 3 aromatic rings. The second-order valence-electron chi connectivity index (χ2n) is 10.8. The van der Waals surface area contributed by atoms with Crippen molar-refractivity contribution in [2.24, 2.45) is 0 Å². The highest BCUT2D eigenvalue weighted by molar-refractivity contribution is 7.43. The number of benzene rings is 3. The largest absolute Gasteiger partial charge is 0.530 e. The third kappa shape index (κ3) is 7.48. The average Bonchev–Trinajstić information content (AvgIpc) is 2.87. The molecule has 218 valence electrons. The Bertz CT molecular complexity index is 1120. The van der Waals surface area contributed by atoms with Crippen LogP contribution < -0.4 is 43.0 Å². The lowest BCUT2D eigenvalue weighted by Crippen LogP contribution is -2.17. The van der Waals surface area contributed by atoms with Crippen LogP contribution in [0.3, 0.4) is 0 Å². The van der Waals surface area contributed by atoms with Crippen LogP contribution in [0, 0.1) is 0 Å². The van der Waals surface area contributed by atoms with Crippen LogP contribution in [-0.2, 0) is 0 Å². The van der Waals surface area contributed by atoms with Gasteiger partial charge in [-0.15, -0.1) is 0 Å². The van der Waals surface area contributed by atoms with Crippen LogP contribution in [0.2, 0.25) is 0 Å². The summed E-state index contributed by atoms with van der Waals surface area (Å²) in [5, 5.41) is 0. The molecule has 0 aromatic heterocycles. The van der Waals surface area contributed by atoms with Crippen LogP contribution in [0.15, 0.2) is 54.6 Å². The zero-order valence-electron chi connectivity index (χ0n) is 26.1. The highest BCUT2D eigenvalue weighted by atomic mass is 31.2. The zero-order chi connectivity index (χ0) is 29.7. The number of anilines is 6. The van der Waals surface area contributed by atoms with E-state index in [1.807, 2.05) is 139 Å². The van der Waals surface area contributed by atoms with E-state index in [1.54, 1.807) is 0 Å². The van der Waals surface area contributed by atoms with Crippen molar-refractivity contribution in [3.8, 4) is 17.2 Å². The molecule has 0 atom stereocenters. The first-order chi connectivity index (χ1) is 18.8. The van der Waals surface area contributed by atoms with Gasteiger partial charge in [0.2, 0.25) is 0 Å². The maximum atomic E-state index is 6.43. The molecule has 0 heterocycles. The van der Waals surface area contributed by atoms with Crippen molar-refractivity contribution in [1.29, 1.82) is 0 Å². The second-order valence-corrected chi connectivity index (χ2v) is 11.8. The van der Waals surface area contributed by atoms with Crippen molar-refractivity contribution in [2.45, 2.75) is 0 Å². The molecule has 0 N–H and O–H groups in total. The van der Waals surface area contributed by atoms with E-state index in [0.717, 1.165) is 34.1 Å². The van der Waals surface area contributed by atoms with Crippen molar-refractivity contribution in [1.82, 2.24) is 0 Å². The molecule has 0 fully saturated rings. The Morgan fingerprint density at radius 1 is 0.350 bits per heavy atom. The summed E-state index contributed by atoms with van der Waals surface area (Å²) in [6.45, 7) is 0. The van der Waals surface area contributed by atoms with E-state index in [9.17, 15) is 0 Å². The summed E-state index contributed by atoms with van der Waals surface area (Å²) < 4.78 is 19.3. The fourth-order valence-electron chi connectivity index (χ4n) is 4.20. The number of hydrogen-bond acceptors (Lipinski definition) is 9. The monoisotopic (exact) mass is 568 g/mol. The molecule has 0 aliphatic rings. The zero-order valence-corrected chi connectivity index (χ0v) is 26.9. The molecular weight excluding hydrogens is 523 g/mol. The van der Waals surface area contributed by atoms with E-state index < -0.39 is 8.60 Å². The molecule has 3 rings (SSSR count). The van der Waals surface area contributed by atoms with Gasteiger partial charge in [0.25, 0.3) is 0 Å². The molecule has 0 bridgehead atoms. The molecule has 0 aliphatic heterocycles. The van der Waals surface area contributed by atoms with E-state index in [1.165, 1.54) is 0 Å². The molecular formula is C30H45N6O3P. The maximum absolute atomic E-state index is 6.43. The van der Waals surface area contributed by atoms with Crippen molar-refractivity contribution in [3.05, 3.63) is 54.6 Å². The van der Waals surface area contributed by atoms with Gasteiger partial charge in [0.1, 0.15) is 17.2 Å². The van der Waals surface area contributed by atoms with Gasteiger partial charge in [-0.25, -0.2) is 0 Å². The first-order valence-electron chi connectivity index (χ1n) is 13.1. The first kappa shape index (κ1) is 30.8. The molecule has 10 heteroatoms. The molecule has 0 unspecified atom stereocenters. The standard InChI is InChI=1S/C30H45N6O3P/c1-31(2)25-16-13-22(19-28(25)34(7)8)37-40(38-23-14-17-26(32(3)4)29(20-23)35(9)10)39-24-15-18-27(33(5)6)30(21-24)36(11)12/h13-21H,1-12H3. The fraction of sp³-hybridized carbons (Fsp3) is 0.400. The van der Waals surface area contributed by atoms with Crippen molar-refractivity contribution in [2.75, 3.05) is 114 Å². The SMILES string of the molecule is CN(C)c1ccc(OP(Oc2ccc(N(C)C)c(N(C)C)c2)Oc2ccc(N(C)C)c(N(C)C)c2)cc1N(C)C. The summed E-state index contributed by atoms with van der Waals surface area (Å²) in [6, 6.07) is 18.0. The Hall–Kier alpha value is -3.71. The van der Waals surface area contributed by atoms with Crippen LogP contribution in [0.5, 0.6) is 17.2 Å².